The van der Waals surface area contributed by atoms with Gasteiger partial charge in [-0.25, -0.2) is 4.39 Å². The lowest BCUT2D eigenvalue weighted by molar-refractivity contribution is 0.458. The second-order valence-corrected chi connectivity index (χ2v) is 4.28. The molecule has 1 N–H and O–H groups in total. The maximum atomic E-state index is 12.9. The van der Waals surface area contributed by atoms with Crippen molar-refractivity contribution in [3.8, 4) is 0 Å². The molecule has 0 spiro atoms. The van der Waals surface area contributed by atoms with Crippen molar-refractivity contribution in [1.82, 2.24) is 5.32 Å². The third-order valence-corrected chi connectivity index (χ3v) is 2.98. The Morgan fingerprint density at radius 1 is 1.22 bits per heavy atom. The number of hydrogen-bond donors (Lipinski definition) is 1. The molecule has 18 heavy (non-hydrogen) atoms. The highest BCUT2D eigenvalue weighted by atomic mass is 19.1. The third kappa shape index (κ3) is 3.44. The Labute approximate surface area is 107 Å². The summed E-state index contributed by atoms with van der Waals surface area (Å²) in [6.07, 6.45) is 3.50. The predicted octanol–water partition coefficient (Wildman–Crippen LogP) is 3.70. The molecule has 1 aromatic heterocycles. The Morgan fingerprint density at radius 2 is 2.00 bits per heavy atom. The molecule has 2 rings (SSSR count). The van der Waals surface area contributed by atoms with E-state index in [9.17, 15) is 4.39 Å². The van der Waals surface area contributed by atoms with Crippen LogP contribution in [0.25, 0.3) is 0 Å². The highest BCUT2D eigenvalue weighted by Gasteiger charge is 2.11. The Kier molecular flexibility index (Phi) is 4.53. The Balaban J connectivity index is 2.01. The molecule has 0 saturated carbocycles. The van der Waals surface area contributed by atoms with Gasteiger partial charge in [0.25, 0.3) is 0 Å². The van der Waals surface area contributed by atoms with Crippen molar-refractivity contribution in [1.29, 1.82) is 0 Å². The van der Waals surface area contributed by atoms with Crippen molar-refractivity contribution in [2.75, 3.05) is 6.54 Å². The van der Waals surface area contributed by atoms with Gasteiger partial charge < -0.3 is 9.73 Å². The Bertz CT molecular complexity index is 450. The van der Waals surface area contributed by atoms with E-state index in [0.29, 0.717) is 0 Å². The Hall–Kier alpha value is -1.61. The second kappa shape index (κ2) is 6.36. The van der Waals surface area contributed by atoms with Gasteiger partial charge in [0.2, 0.25) is 0 Å². The SMILES string of the molecule is CCNC(CCc1ccco1)c1ccc(F)cc1. The molecule has 1 heterocycles. The molecule has 1 atom stereocenters. The first-order valence-electron chi connectivity index (χ1n) is 6.31. The fourth-order valence-electron chi connectivity index (χ4n) is 2.07. The van der Waals surface area contributed by atoms with Gasteiger partial charge in [-0.2, -0.15) is 0 Å². The molecule has 2 aromatic rings. The topological polar surface area (TPSA) is 25.2 Å². The fraction of sp³-hybridized carbons (Fsp3) is 0.333. The fourth-order valence-corrected chi connectivity index (χ4v) is 2.07. The first-order valence-corrected chi connectivity index (χ1v) is 6.31. The molecule has 0 aliphatic carbocycles. The van der Waals surface area contributed by atoms with E-state index in [2.05, 4.69) is 12.2 Å². The van der Waals surface area contributed by atoms with Crippen molar-refractivity contribution in [3.05, 3.63) is 59.8 Å². The van der Waals surface area contributed by atoms with Crippen LogP contribution >= 0.6 is 0 Å². The molecule has 96 valence electrons. The van der Waals surface area contributed by atoms with E-state index in [1.54, 1.807) is 6.26 Å². The smallest absolute Gasteiger partial charge is 0.123 e. The normalized spacial score (nSPS) is 12.6. The molecule has 1 unspecified atom stereocenters. The van der Waals surface area contributed by atoms with Crippen LogP contribution in [0.4, 0.5) is 4.39 Å². The lowest BCUT2D eigenvalue weighted by Gasteiger charge is -2.17. The highest BCUT2D eigenvalue weighted by Crippen LogP contribution is 2.19. The summed E-state index contributed by atoms with van der Waals surface area (Å²) in [5, 5.41) is 3.42. The average molecular weight is 247 g/mol. The molecule has 3 heteroatoms. The van der Waals surface area contributed by atoms with Crippen LogP contribution in [0, 0.1) is 5.82 Å². The molecule has 0 aliphatic rings. The number of furan rings is 1. The van der Waals surface area contributed by atoms with Crippen molar-refractivity contribution >= 4 is 0 Å². The van der Waals surface area contributed by atoms with E-state index in [-0.39, 0.29) is 11.9 Å². The second-order valence-electron chi connectivity index (χ2n) is 4.28. The van der Waals surface area contributed by atoms with E-state index < -0.39 is 0 Å². The summed E-state index contributed by atoms with van der Waals surface area (Å²) >= 11 is 0. The zero-order chi connectivity index (χ0) is 12.8. The van der Waals surface area contributed by atoms with Gasteiger partial charge >= 0.3 is 0 Å². The first-order chi connectivity index (χ1) is 8.79. The number of benzene rings is 1. The summed E-state index contributed by atoms with van der Waals surface area (Å²) in [7, 11) is 0. The quantitative estimate of drug-likeness (QED) is 0.842. The van der Waals surface area contributed by atoms with E-state index >= 15 is 0 Å². The van der Waals surface area contributed by atoms with Gasteiger partial charge in [0.1, 0.15) is 11.6 Å². The minimum absolute atomic E-state index is 0.194. The maximum Gasteiger partial charge on any atom is 0.123 e. The molecule has 0 amide bonds. The van der Waals surface area contributed by atoms with Crippen LogP contribution in [0.3, 0.4) is 0 Å². The van der Waals surface area contributed by atoms with Crippen molar-refractivity contribution in [3.63, 3.8) is 0 Å². The summed E-state index contributed by atoms with van der Waals surface area (Å²) in [6.45, 7) is 2.96. The largest absolute Gasteiger partial charge is 0.469 e. The molecule has 1 aromatic carbocycles. The van der Waals surface area contributed by atoms with Crippen LogP contribution in [0.15, 0.2) is 47.1 Å². The molecule has 0 radical (unpaired) electrons. The van der Waals surface area contributed by atoms with Crippen LogP contribution in [-0.4, -0.2) is 6.54 Å². The lowest BCUT2D eigenvalue weighted by Crippen LogP contribution is -2.21. The van der Waals surface area contributed by atoms with Gasteiger partial charge in [0.05, 0.1) is 6.26 Å². The first kappa shape index (κ1) is 12.8. The van der Waals surface area contributed by atoms with Gasteiger partial charge in [-0.05, 0) is 42.8 Å². The van der Waals surface area contributed by atoms with Crippen molar-refractivity contribution < 1.29 is 8.81 Å². The summed E-state index contributed by atoms with van der Waals surface area (Å²) in [4.78, 5) is 0. The average Bonchev–Trinajstić information content (AvgIpc) is 2.89. The van der Waals surface area contributed by atoms with Gasteiger partial charge in [0, 0.05) is 12.5 Å². The summed E-state index contributed by atoms with van der Waals surface area (Å²) < 4.78 is 18.2. The number of aryl methyl sites for hydroxylation is 1. The van der Waals surface area contributed by atoms with Crippen LogP contribution in [0.1, 0.15) is 30.7 Å². The number of nitrogens with one attached hydrogen (secondary N) is 1. The van der Waals surface area contributed by atoms with Crippen LogP contribution < -0.4 is 5.32 Å². The van der Waals surface area contributed by atoms with Crippen LogP contribution in [0.2, 0.25) is 0 Å². The minimum Gasteiger partial charge on any atom is -0.469 e. The van der Waals surface area contributed by atoms with Crippen molar-refractivity contribution in [2.45, 2.75) is 25.8 Å². The van der Waals surface area contributed by atoms with Gasteiger partial charge in [-0.3, -0.25) is 0 Å². The third-order valence-electron chi connectivity index (χ3n) is 2.98. The van der Waals surface area contributed by atoms with E-state index in [4.69, 9.17) is 4.42 Å². The van der Waals surface area contributed by atoms with E-state index in [0.717, 1.165) is 30.7 Å². The molecule has 0 aliphatic heterocycles. The zero-order valence-electron chi connectivity index (χ0n) is 10.5. The van der Waals surface area contributed by atoms with Crippen molar-refractivity contribution in [2.24, 2.45) is 0 Å². The monoisotopic (exact) mass is 247 g/mol. The van der Waals surface area contributed by atoms with Gasteiger partial charge in [-0.15, -0.1) is 0 Å². The van der Waals surface area contributed by atoms with E-state index in [1.165, 1.54) is 12.1 Å². The standard InChI is InChI=1S/C15H18FNO/c1-2-17-15(10-9-14-4-3-11-18-14)12-5-7-13(16)8-6-12/h3-8,11,15,17H,2,9-10H2,1H3. The number of hydrogen-bond acceptors (Lipinski definition) is 2. The van der Waals surface area contributed by atoms with Gasteiger partial charge in [-0.1, -0.05) is 19.1 Å². The summed E-state index contributed by atoms with van der Waals surface area (Å²) in [6, 6.07) is 10.8. The molecule has 0 saturated heterocycles. The Morgan fingerprint density at radius 3 is 2.61 bits per heavy atom. The molecule has 0 bridgehead atoms. The summed E-state index contributed by atoms with van der Waals surface area (Å²) in [5.74, 6) is 0.792. The number of rotatable bonds is 6. The minimum atomic E-state index is -0.194. The van der Waals surface area contributed by atoms with Crippen LogP contribution in [-0.2, 0) is 6.42 Å². The zero-order valence-corrected chi connectivity index (χ0v) is 10.5. The summed E-state index contributed by atoms with van der Waals surface area (Å²) in [5.41, 5.74) is 1.12. The molecule has 2 nitrogen and oxygen atoms in total. The lowest BCUT2D eigenvalue weighted by atomic mass is 10.0. The predicted molar refractivity (Wildman–Crippen MR) is 69.8 cm³/mol. The van der Waals surface area contributed by atoms with Gasteiger partial charge in [0.15, 0.2) is 0 Å². The van der Waals surface area contributed by atoms with E-state index in [1.807, 2.05) is 24.3 Å². The highest BCUT2D eigenvalue weighted by molar-refractivity contribution is 5.20. The molecule has 0 fully saturated rings. The number of halogens is 1. The van der Waals surface area contributed by atoms with Crippen LogP contribution in [0.5, 0.6) is 0 Å². The molecular weight excluding hydrogens is 229 g/mol. The molecular formula is C15H18FNO. The maximum absolute atomic E-state index is 12.9.